The predicted octanol–water partition coefficient (Wildman–Crippen LogP) is -0.365. The Hall–Kier alpha value is 0.533. The molecule has 1 aliphatic heterocycles. The van der Waals surface area contributed by atoms with Crippen LogP contribution in [0.3, 0.4) is 0 Å². The Labute approximate surface area is 120 Å². The van der Waals surface area contributed by atoms with Crippen LogP contribution >= 0.6 is 11.3 Å². The topological polar surface area (TPSA) is 18.5 Å². The fourth-order valence-electron chi connectivity index (χ4n) is 1.54. The molecule has 2 nitrogen and oxygen atoms in total. The molecule has 0 amide bonds. The summed E-state index contributed by atoms with van der Waals surface area (Å²) in [4.78, 5) is 1.33. The van der Waals surface area contributed by atoms with Gasteiger partial charge in [-0.2, -0.15) is 0 Å². The summed E-state index contributed by atoms with van der Waals surface area (Å²) < 4.78 is 11.1. The minimum absolute atomic E-state index is 0. The Kier molecular flexibility index (Phi) is 9.87. The summed E-state index contributed by atoms with van der Waals surface area (Å²) >= 11 is 1.66. The van der Waals surface area contributed by atoms with Gasteiger partial charge in [-0.1, -0.05) is 0 Å². The third kappa shape index (κ3) is 5.74. The summed E-state index contributed by atoms with van der Waals surface area (Å²) in [5, 5.41) is 3.07. The molecule has 1 atom stereocenters. The first-order chi connectivity index (χ1) is 6.95. The molecule has 0 aromatic carbocycles. The number of thiophene rings is 1. The van der Waals surface area contributed by atoms with Gasteiger partial charge in [0.25, 0.3) is 0 Å². The van der Waals surface area contributed by atoms with Crippen LogP contribution in [0.25, 0.3) is 0 Å². The summed E-state index contributed by atoms with van der Waals surface area (Å²) in [7, 11) is 0. The number of hydrogen-bond acceptors (Lipinski definition) is 3. The maximum Gasteiger partial charge on any atom is 0.157 e. The van der Waals surface area contributed by atoms with Gasteiger partial charge in [-0.15, -0.1) is 11.3 Å². The maximum absolute atomic E-state index is 5.63. The van der Waals surface area contributed by atoms with Crippen LogP contribution < -0.4 is 12.4 Å². The van der Waals surface area contributed by atoms with Gasteiger partial charge in [-0.3, -0.25) is 0 Å². The Morgan fingerprint density at radius 2 is 2.38 bits per heavy atom. The molecule has 87 valence electrons. The number of ether oxygens (including phenoxy) is 2. The summed E-state index contributed by atoms with van der Waals surface area (Å²) in [5.41, 5.74) is 0. The maximum atomic E-state index is 5.63. The van der Waals surface area contributed by atoms with Crippen LogP contribution in [0, 0.1) is 5.38 Å². The van der Waals surface area contributed by atoms with Crippen molar-refractivity contribution in [2.45, 2.75) is 32.0 Å². The van der Waals surface area contributed by atoms with Gasteiger partial charge in [0.15, 0.2) is 6.29 Å². The largest absolute Gasteiger partial charge is 1.00 e. The average molecular weight is 312 g/mol. The third-order valence-corrected chi connectivity index (χ3v) is 3.17. The molecule has 1 aromatic heterocycles. The molecule has 1 aliphatic rings. The monoisotopic (exact) mass is 310 g/mol. The van der Waals surface area contributed by atoms with Crippen molar-refractivity contribution in [1.29, 1.82) is 0 Å². The summed E-state index contributed by atoms with van der Waals surface area (Å²) in [6, 6.07) is 4.05. The van der Waals surface area contributed by atoms with E-state index in [4.69, 9.17) is 9.47 Å². The molecule has 0 aliphatic carbocycles. The van der Waals surface area contributed by atoms with Gasteiger partial charge < -0.3 is 21.9 Å². The second-order valence-electron chi connectivity index (χ2n) is 3.44. The molecule has 1 aromatic rings. The zero-order chi connectivity index (χ0) is 9.64. The average Bonchev–Trinajstić information content (AvgIpc) is 2.72. The predicted molar refractivity (Wildman–Crippen MR) is 56.4 cm³/mol. The smallest absolute Gasteiger partial charge is 0.157 e. The van der Waals surface area contributed by atoms with E-state index in [1.807, 2.05) is 6.07 Å². The van der Waals surface area contributed by atoms with Crippen molar-refractivity contribution in [2.24, 2.45) is 0 Å². The summed E-state index contributed by atoms with van der Waals surface area (Å²) in [5.74, 6) is 0. The zero-order valence-electron chi connectivity index (χ0n) is 9.28. The molecule has 1 radical (unpaired) electrons. The standard InChI is InChI=1S/C11H15O2S.ClH.Zn/c1-2-7-12-11(5-1)13-8-6-10-4-3-9-14-10;;/h3-4,11H,1-2,5-8H2;1H;/p-1. The van der Waals surface area contributed by atoms with E-state index in [1.165, 1.54) is 17.7 Å². The second kappa shape index (κ2) is 9.55. The molecule has 0 spiro atoms. The molecule has 2 rings (SSSR count). The van der Waals surface area contributed by atoms with E-state index in [0.29, 0.717) is 0 Å². The molecule has 0 N–H and O–H groups in total. The van der Waals surface area contributed by atoms with Gasteiger partial charge in [0, 0.05) is 42.8 Å². The van der Waals surface area contributed by atoms with Crippen molar-refractivity contribution in [3.05, 3.63) is 22.4 Å². The molecule has 1 unspecified atom stereocenters. The molecule has 2 heterocycles. The first-order valence-electron chi connectivity index (χ1n) is 5.13. The van der Waals surface area contributed by atoms with Gasteiger partial charge in [-0.05, 0) is 31.4 Å². The van der Waals surface area contributed by atoms with E-state index in [2.05, 4.69) is 11.4 Å². The molecule has 1 fully saturated rings. The van der Waals surface area contributed by atoms with Crippen molar-refractivity contribution >= 4 is 11.3 Å². The van der Waals surface area contributed by atoms with Gasteiger partial charge >= 0.3 is 0 Å². The molecule has 0 bridgehead atoms. The SMILES string of the molecule is [Cl-].[Zn].[c]1ccc(CCOC2CCCCO2)s1. The number of halogens is 1. The molecule has 0 saturated carbocycles. The van der Waals surface area contributed by atoms with Crippen molar-refractivity contribution in [3.63, 3.8) is 0 Å². The zero-order valence-corrected chi connectivity index (χ0v) is 13.8. The fourth-order valence-corrected chi connectivity index (χ4v) is 2.15. The first-order valence-corrected chi connectivity index (χ1v) is 5.95. The Morgan fingerprint density at radius 1 is 1.50 bits per heavy atom. The molecule has 5 heteroatoms. The molecule has 1 saturated heterocycles. The van der Waals surface area contributed by atoms with Crippen molar-refractivity contribution in [3.8, 4) is 0 Å². The Morgan fingerprint density at radius 3 is 3.00 bits per heavy atom. The van der Waals surface area contributed by atoms with Crippen LogP contribution in [0.2, 0.25) is 0 Å². The first kappa shape index (κ1) is 16.5. The third-order valence-electron chi connectivity index (χ3n) is 2.32. The van der Waals surface area contributed by atoms with Crippen LogP contribution in [-0.2, 0) is 35.4 Å². The Bertz CT molecular complexity index is 250. The van der Waals surface area contributed by atoms with Crippen LogP contribution in [0.1, 0.15) is 24.1 Å². The van der Waals surface area contributed by atoms with E-state index in [0.717, 1.165) is 26.1 Å². The van der Waals surface area contributed by atoms with Crippen molar-refractivity contribution < 1.29 is 41.4 Å². The van der Waals surface area contributed by atoms with Gasteiger partial charge in [0.1, 0.15) is 0 Å². The van der Waals surface area contributed by atoms with E-state index in [-0.39, 0.29) is 38.2 Å². The van der Waals surface area contributed by atoms with E-state index in [9.17, 15) is 0 Å². The second-order valence-corrected chi connectivity index (χ2v) is 4.40. The Balaban J connectivity index is 0.00000112. The number of rotatable bonds is 4. The molecular formula is C11H15ClO2SZn-. The number of hydrogen-bond donors (Lipinski definition) is 0. The molecular weight excluding hydrogens is 297 g/mol. The van der Waals surface area contributed by atoms with Crippen LogP contribution in [-0.4, -0.2) is 19.5 Å². The van der Waals surface area contributed by atoms with Gasteiger partial charge in [0.2, 0.25) is 0 Å². The van der Waals surface area contributed by atoms with E-state index in [1.54, 1.807) is 11.3 Å². The van der Waals surface area contributed by atoms with Crippen molar-refractivity contribution in [2.75, 3.05) is 13.2 Å². The van der Waals surface area contributed by atoms with Gasteiger partial charge in [0.05, 0.1) is 6.61 Å². The van der Waals surface area contributed by atoms with E-state index >= 15 is 0 Å². The van der Waals surface area contributed by atoms with Crippen molar-refractivity contribution in [1.82, 2.24) is 0 Å². The van der Waals surface area contributed by atoms with Crippen LogP contribution in [0.15, 0.2) is 12.1 Å². The minimum atomic E-state index is 0. The normalized spacial score (nSPS) is 19.6. The summed E-state index contributed by atoms with van der Waals surface area (Å²) in [6.07, 6.45) is 4.50. The fraction of sp³-hybridized carbons (Fsp3) is 0.636. The van der Waals surface area contributed by atoms with Gasteiger partial charge in [-0.25, -0.2) is 0 Å². The minimum Gasteiger partial charge on any atom is -1.00 e. The van der Waals surface area contributed by atoms with E-state index < -0.39 is 0 Å². The van der Waals surface area contributed by atoms with Crippen LogP contribution in [0.5, 0.6) is 0 Å². The van der Waals surface area contributed by atoms with Crippen LogP contribution in [0.4, 0.5) is 0 Å². The summed E-state index contributed by atoms with van der Waals surface area (Å²) in [6.45, 7) is 1.62. The molecule has 16 heavy (non-hydrogen) atoms. The quantitative estimate of drug-likeness (QED) is 0.707.